The third-order valence-corrected chi connectivity index (χ3v) is 12.2. The molecule has 0 atom stereocenters. The van der Waals surface area contributed by atoms with Crippen molar-refractivity contribution in [3.05, 3.63) is 70.8 Å². The molecule has 2 rings (SSSR count). The zero-order valence-electron chi connectivity index (χ0n) is 39.6. The first kappa shape index (κ1) is 51.7. The van der Waals surface area contributed by atoms with Gasteiger partial charge in [-0.05, 0) is 130 Å². The Morgan fingerprint density at radius 2 is 0.741 bits per heavy atom. The van der Waals surface area contributed by atoms with Gasteiger partial charge in [-0.2, -0.15) is 0 Å². The fraction of sp³-hybridized carbons (Fsp3) is 0.714. The highest BCUT2D eigenvalue weighted by Gasteiger charge is 2.12. The van der Waals surface area contributed by atoms with Crippen LogP contribution in [0.25, 0.3) is 0 Å². The van der Waals surface area contributed by atoms with Crippen molar-refractivity contribution < 1.29 is 0 Å². The van der Waals surface area contributed by atoms with E-state index in [1.54, 1.807) is 5.56 Å². The number of unbranched alkanes of at least 4 members (excludes halogenated alkanes) is 23. The second-order valence-electron chi connectivity index (χ2n) is 17.7. The molecule has 0 aliphatic rings. The molecule has 0 aliphatic carbocycles. The smallest absolute Gasteiger partial charge is 0.0848 e. The van der Waals surface area contributed by atoms with E-state index in [4.69, 9.17) is 9.98 Å². The molecule has 0 bridgehead atoms. The largest absolute Gasteiger partial charge is 0.251 e. The number of nitrogens with zero attached hydrogens (tertiary/aromatic N) is 2. The second kappa shape index (κ2) is 36.4. The van der Waals surface area contributed by atoms with Crippen LogP contribution in [0, 0.1) is 0 Å². The van der Waals surface area contributed by atoms with Crippen LogP contribution in [-0.2, 0) is 25.7 Å². The molecule has 0 saturated carbocycles. The molecule has 2 heteroatoms. The van der Waals surface area contributed by atoms with E-state index in [0.717, 1.165) is 42.8 Å². The predicted octanol–water partition coefficient (Wildman–Crippen LogP) is 19.1. The van der Waals surface area contributed by atoms with Crippen molar-refractivity contribution in [2.45, 2.75) is 260 Å². The van der Waals surface area contributed by atoms with Gasteiger partial charge in [-0.3, -0.25) is 4.99 Å². The van der Waals surface area contributed by atoms with Crippen LogP contribution < -0.4 is 0 Å². The third-order valence-electron chi connectivity index (χ3n) is 12.2. The van der Waals surface area contributed by atoms with Gasteiger partial charge in [0.2, 0.25) is 0 Å². The van der Waals surface area contributed by atoms with Crippen LogP contribution in [0.5, 0.6) is 0 Å². The molecule has 0 heterocycles. The van der Waals surface area contributed by atoms with Crippen molar-refractivity contribution in [2.75, 3.05) is 0 Å². The van der Waals surface area contributed by atoms with Gasteiger partial charge in [-0.25, -0.2) is 4.99 Å². The first-order valence-corrected chi connectivity index (χ1v) is 25.7. The molecular weight excluding hydrogens is 701 g/mol. The van der Waals surface area contributed by atoms with E-state index in [1.165, 1.54) is 215 Å². The Bertz CT molecular complexity index is 1360. The number of aliphatic imine (C=N–C) groups is 2. The van der Waals surface area contributed by atoms with Crippen LogP contribution in [0.1, 0.15) is 256 Å². The minimum atomic E-state index is 0.984. The standard InChI is InChI=1S/C56H94N2/c1-7-13-19-21-23-25-27-29-35-41-55(57-53-45-43-49(37-31-15-9-3)51(47-53)39-33-17-11-5)56(42-36-30-28-26-24-22-20-14-8-2)58-54-46-44-50(38-32-16-10-4)52(48-54)40-34-18-12-6/h35,41,43-48H,7-34,36-40,42H2,1-6H3/b41-35+,57-55?,58-56?. The summed E-state index contributed by atoms with van der Waals surface area (Å²) in [5.41, 5.74) is 10.6. The van der Waals surface area contributed by atoms with Gasteiger partial charge in [-0.1, -0.05) is 201 Å². The molecule has 0 N–H and O–H groups in total. The van der Waals surface area contributed by atoms with Crippen molar-refractivity contribution in [3.8, 4) is 0 Å². The molecule has 0 unspecified atom stereocenters. The topological polar surface area (TPSA) is 24.7 Å². The van der Waals surface area contributed by atoms with E-state index in [-0.39, 0.29) is 0 Å². The first-order valence-electron chi connectivity index (χ1n) is 25.7. The number of benzene rings is 2. The average Bonchev–Trinajstić information content (AvgIpc) is 3.23. The lowest BCUT2D eigenvalue weighted by Crippen LogP contribution is -2.12. The van der Waals surface area contributed by atoms with E-state index >= 15 is 0 Å². The van der Waals surface area contributed by atoms with Gasteiger partial charge in [0.25, 0.3) is 0 Å². The molecule has 0 aliphatic heterocycles. The van der Waals surface area contributed by atoms with Crippen molar-refractivity contribution in [3.63, 3.8) is 0 Å². The van der Waals surface area contributed by atoms with Crippen molar-refractivity contribution in [2.24, 2.45) is 9.98 Å². The summed E-state index contributed by atoms with van der Waals surface area (Å²) in [5.74, 6) is 0. The zero-order valence-corrected chi connectivity index (χ0v) is 39.6. The molecule has 0 spiro atoms. The number of aryl methyl sites for hydroxylation is 4. The molecule has 2 aromatic rings. The monoisotopic (exact) mass is 795 g/mol. The maximum atomic E-state index is 5.59. The lowest BCUT2D eigenvalue weighted by atomic mass is 9.96. The predicted molar refractivity (Wildman–Crippen MR) is 264 cm³/mol. The fourth-order valence-corrected chi connectivity index (χ4v) is 8.33. The fourth-order valence-electron chi connectivity index (χ4n) is 8.33. The summed E-state index contributed by atoms with van der Waals surface area (Å²) >= 11 is 0. The van der Waals surface area contributed by atoms with Crippen LogP contribution in [0.4, 0.5) is 11.4 Å². The van der Waals surface area contributed by atoms with Crippen LogP contribution in [0.15, 0.2) is 58.5 Å². The molecule has 2 nitrogen and oxygen atoms in total. The third kappa shape index (κ3) is 24.6. The highest BCUT2D eigenvalue weighted by Crippen LogP contribution is 2.27. The number of rotatable bonds is 38. The highest BCUT2D eigenvalue weighted by atomic mass is 14.8. The summed E-state index contributed by atoms with van der Waals surface area (Å²) in [5, 5.41) is 0. The molecule has 2 aromatic carbocycles. The van der Waals surface area contributed by atoms with Gasteiger partial charge >= 0.3 is 0 Å². The summed E-state index contributed by atoms with van der Waals surface area (Å²) in [4.78, 5) is 11.1. The first-order chi connectivity index (χ1) is 28.6. The molecule has 328 valence electrons. The van der Waals surface area contributed by atoms with E-state index in [1.807, 2.05) is 0 Å². The van der Waals surface area contributed by atoms with Gasteiger partial charge in [0.15, 0.2) is 0 Å². The Hall–Kier alpha value is -2.48. The van der Waals surface area contributed by atoms with Gasteiger partial charge in [0, 0.05) is 0 Å². The molecule has 0 radical (unpaired) electrons. The van der Waals surface area contributed by atoms with E-state index in [0.29, 0.717) is 0 Å². The van der Waals surface area contributed by atoms with Gasteiger partial charge in [0.05, 0.1) is 22.8 Å². The molecule has 0 saturated heterocycles. The minimum Gasteiger partial charge on any atom is -0.251 e. The average molecular weight is 795 g/mol. The van der Waals surface area contributed by atoms with E-state index in [2.05, 4.69) is 90.1 Å². The highest BCUT2D eigenvalue weighted by molar-refractivity contribution is 6.47. The van der Waals surface area contributed by atoms with Crippen LogP contribution >= 0.6 is 0 Å². The zero-order chi connectivity index (χ0) is 41.7. The molecule has 0 amide bonds. The van der Waals surface area contributed by atoms with Crippen molar-refractivity contribution >= 4 is 22.8 Å². The van der Waals surface area contributed by atoms with Gasteiger partial charge < -0.3 is 0 Å². The Labute approximate surface area is 362 Å². The maximum absolute atomic E-state index is 5.59. The number of hydrogen-bond donors (Lipinski definition) is 0. The summed E-state index contributed by atoms with van der Waals surface area (Å²) in [6.07, 6.45) is 48.4. The summed E-state index contributed by atoms with van der Waals surface area (Å²) in [6.45, 7) is 13.9. The molecular formula is C56H94N2. The Balaban J connectivity index is 2.55. The quantitative estimate of drug-likeness (QED) is 0.0478. The van der Waals surface area contributed by atoms with Gasteiger partial charge in [0.1, 0.15) is 0 Å². The lowest BCUT2D eigenvalue weighted by molar-refractivity contribution is 0.568. The number of hydrogen-bond acceptors (Lipinski definition) is 2. The second-order valence-corrected chi connectivity index (χ2v) is 17.7. The van der Waals surface area contributed by atoms with E-state index < -0.39 is 0 Å². The number of allylic oxidation sites excluding steroid dienone is 2. The molecule has 58 heavy (non-hydrogen) atoms. The molecule has 0 aromatic heterocycles. The Morgan fingerprint density at radius 3 is 1.19 bits per heavy atom. The van der Waals surface area contributed by atoms with Crippen molar-refractivity contribution in [1.82, 2.24) is 0 Å². The maximum Gasteiger partial charge on any atom is 0.0848 e. The summed E-state index contributed by atoms with van der Waals surface area (Å²) in [6, 6.07) is 14.3. The summed E-state index contributed by atoms with van der Waals surface area (Å²) < 4.78 is 0. The van der Waals surface area contributed by atoms with Crippen LogP contribution in [0.3, 0.4) is 0 Å². The van der Waals surface area contributed by atoms with Crippen molar-refractivity contribution in [1.29, 1.82) is 0 Å². The Morgan fingerprint density at radius 1 is 0.379 bits per heavy atom. The molecule has 0 fully saturated rings. The van der Waals surface area contributed by atoms with Crippen LogP contribution in [-0.4, -0.2) is 11.4 Å². The van der Waals surface area contributed by atoms with Gasteiger partial charge in [-0.15, -0.1) is 0 Å². The lowest BCUT2D eigenvalue weighted by Gasteiger charge is -2.14. The Kier molecular flexibility index (Phi) is 32.4. The van der Waals surface area contributed by atoms with E-state index in [9.17, 15) is 0 Å². The minimum absolute atomic E-state index is 0.984. The SMILES string of the molecule is CCCCCCCCC/C=C/C(=Nc1ccc(CCCCC)c(CCCCC)c1)C(CCCCCCCCCCC)=Nc1ccc(CCCCC)c(CCCCC)c1. The van der Waals surface area contributed by atoms with Crippen LogP contribution in [0.2, 0.25) is 0 Å². The summed E-state index contributed by atoms with van der Waals surface area (Å²) in [7, 11) is 0. The normalized spacial score (nSPS) is 12.4.